The Morgan fingerprint density at radius 2 is 1.95 bits per heavy atom. The average molecular weight is 304 g/mol. The summed E-state index contributed by atoms with van der Waals surface area (Å²) in [5, 5.41) is -0.0497. The van der Waals surface area contributed by atoms with E-state index in [4.69, 9.17) is 11.6 Å². The van der Waals surface area contributed by atoms with E-state index >= 15 is 0 Å². The van der Waals surface area contributed by atoms with Crippen molar-refractivity contribution in [1.82, 2.24) is 4.72 Å². The highest BCUT2D eigenvalue weighted by Crippen LogP contribution is 2.39. The normalized spacial score (nSPS) is 27.1. The van der Waals surface area contributed by atoms with Crippen LogP contribution in [0.1, 0.15) is 37.2 Å². The fourth-order valence-corrected chi connectivity index (χ4v) is 4.25. The molecule has 1 aromatic rings. The Morgan fingerprint density at radius 1 is 1.26 bits per heavy atom. The maximum Gasteiger partial charge on any atom is 0.214 e. The molecule has 19 heavy (non-hydrogen) atoms. The van der Waals surface area contributed by atoms with Gasteiger partial charge in [0.05, 0.1) is 10.3 Å². The molecule has 0 amide bonds. The summed E-state index contributed by atoms with van der Waals surface area (Å²) in [5.41, 5.74) is 0.980. The van der Waals surface area contributed by atoms with Gasteiger partial charge in [-0.05, 0) is 49.3 Å². The number of hydrogen-bond donors (Lipinski definition) is 1. The van der Waals surface area contributed by atoms with Crippen LogP contribution in [-0.2, 0) is 10.0 Å². The molecule has 6 heteroatoms. The highest BCUT2D eigenvalue weighted by molar-refractivity contribution is 7.90. The summed E-state index contributed by atoms with van der Waals surface area (Å²) in [4.78, 5) is 0. The predicted octanol–water partition coefficient (Wildman–Crippen LogP) is 2.81. The van der Waals surface area contributed by atoms with E-state index in [1.807, 2.05) is 0 Å². The largest absolute Gasteiger partial charge is 0.214 e. The Hall–Kier alpha value is -0.650. The van der Waals surface area contributed by atoms with E-state index in [0.29, 0.717) is 0 Å². The molecular formula is C13H15ClFNO2S. The van der Waals surface area contributed by atoms with Crippen LogP contribution in [0.3, 0.4) is 0 Å². The van der Waals surface area contributed by atoms with Gasteiger partial charge in [0, 0.05) is 6.04 Å². The first-order valence-electron chi connectivity index (χ1n) is 6.42. The maximum atomic E-state index is 13.1. The third-order valence-electron chi connectivity index (χ3n) is 3.85. The molecule has 0 unspecified atom stereocenters. The van der Waals surface area contributed by atoms with Crippen molar-refractivity contribution in [2.24, 2.45) is 0 Å². The van der Waals surface area contributed by atoms with Gasteiger partial charge in [0.1, 0.15) is 5.82 Å². The van der Waals surface area contributed by atoms with Gasteiger partial charge in [0.15, 0.2) is 0 Å². The van der Waals surface area contributed by atoms with E-state index in [1.165, 1.54) is 6.07 Å². The first kappa shape index (κ1) is 13.3. The Balaban J connectivity index is 1.59. The predicted molar refractivity (Wildman–Crippen MR) is 72.3 cm³/mol. The minimum atomic E-state index is -3.10. The van der Waals surface area contributed by atoms with Crippen LogP contribution in [0.5, 0.6) is 0 Å². The molecule has 2 saturated carbocycles. The van der Waals surface area contributed by atoms with Gasteiger partial charge in [-0.25, -0.2) is 17.5 Å². The van der Waals surface area contributed by atoms with Crippen molar-refractivity contribution in [2.45, 2.75) is 42.9 Å². The van der Waals surface area contributed by atoms with Gasteiger partial charge in [0.2, 0.25) is 10.0 Å². The quantitative estimate of drug-likeness (QED) is 0.929. The zero-order valence-electron chi connectivity index (χ0n) is 10.3. The van der Waals surface area contributed by atoms with Crippen molar-refractivity contribution >= 4 is 21.6 Å². The van der Waals surface area contributed by atoms with Crippen molar-refractivity contribution in [3.05, 3.63) is 34.6 Å². The first-order chi connectivity index (χ1) is 8.95. The van der Waals surface area contributed by atoms with Crippen LogP contribution < -0.4 is 4.72 Å². The highest BCUT2D eigenvalue weighted by Gasteiger charge is 2.40. The summed E-state index contributed by atoms with van der Waals surface area (Å²) in [6.45, 7) is 0. The Bertz CT molecular complexity index is 595. The van der Waals surface area contributed by atoms with E-state index in [9.17, 15) is 12.8 Å². The van der Waals surface area contributed by atoms with E-state index in [0.717, 1.165) is 31.2 Å². The summed E-state index contributed by atoms with van der Waals surface area (Å²) >= 11 is 5.75. The van der Waals surface area contributed by atoms with E-state index in [1.54, 1.807) is 12.1 Å². The van der Waals surface area contributed by atoms with Gasteiger partial charge >= 0.3 is 0 Å². The third kappa shape index (κ3) is 2.78. The van der Waals surface area contributed by atoms with E-state index in [2.05, 4.69) is 4.72 Å². The van der Waals surface area contributed by atoms with Gasteiger partial charge in [-0.2, -0.15) is 0 Å². The topological polar surface area (TPSA) is 46.2 Å². The second kappa shape index (κ2) is 4.72. The minimum absolute atomic E-state index is 0.0134. The van der Waals surface area contributed by atoms with Gasteiger partial charge in [-0.15, -0.1) is 0 Å². The van der Waals surface area contributed by atoms with Crippen molar-refractivity contribution in [2.75, 3.05) is 0 Å². The lowest BCUT2D eigenvalue weighted by Crippen LogP contribution is -2.44. The Morgan fingerprint density at radius 3 is 2.53 bits per heavy atom. The molecule has 0 spiro atoms. The molecule has 3 rings (SSSR count). The average Bonchev–Trinajstić information content (AvgIpc) is 3.11. The molecule has 2 aliphatic rings. The van der Waals surface area contributed by atoms with Crippen LogP contribution in [0.15, 0.2) is 18.2 Å². The molecular weight excluding hydrogens is 289 g/mol. The highest BCUT2D eigenvalue weighted by atomic mass is 35.5. The summed E-state index contributed by atoms with van der Waals surface area (Å²) in [6, 6.07) is 4.73. The molecule has 0 heterocycles. The van der Waals surface area contributed by atoms with Gasteiger partial charge in [-0.3, -0.25) is 0 Å². The molecule has 0 radical (unpaired) electrons. The van der Waals surface area contributed by atoms with Crippen molar-refractivity contribution < 1.29 is 12.8 Å². The minimum Gasteiger partial charge on any atom is -0.212 e. The Labute approximate surface area is 117 Å². The molecule has 3 nitrogen and oxygen atoms in total. The molecule has 0 aliphatic heterocycles. The molecule has 0 saturated heterocycles. The third-order valence-corrected chi connectivity index (χ3v) is 6.15. The van der Waals surface area contributed by atoms with Crippen molar-refractivity contribution in [1.29, 1.82) is 0 Å². The standard InChI is InChI=1S/C13H15ClFNO2S/c14-12-7-8(1-4-13(12)15)9-5-10(6-9)16-19(17,18)11-2-3-11/h1,4,7,9-11,16H,2-3,5-6H2. The zero-order chi connectivity index (χ0) is 13.6. The number of sulfonamides is 1. The molecule has 1 N–H and O–H groups in total. The molecule has 0 bridgehead atoms. The van der Waals surface area contributed by atoms with Gasteiger partial charge in [0.25, 0.3) is 0 Å². The van der Waals surface area contributed by atoms with Crippen LogP contribution in [0, 0.1) is 5.82 Å². The second-order valence-corrected chi connectivity index (χ2v) is 7.80. The molecule has 104 valence electrons. The number of halogens is 2. The number of benzene rings is 1. The molecule has 2 fully saturated rings. The fourth-order valence-electron chi connectivity index (χ4n) is 2.46. The lowest BCUT2D eigenvalue weighted by atomic mass is 9.76. The first-order valence-corrected chi connectivity index (χ1v) is 8.34. The summed E-state index contributed by atoms with van der Waals surface area (Å²) in [7, 11) is -3.10. The summed E-state index contributed by atoms with van der Waals surface area (Å²) in [5.74, 6) is -0.152. The number of nitrogens with one attached hydrogen (secondary N) is 1. The fraction of sp³-hybridized carbons (Fsp3) is 0.538. The zero-order valence-corrected chi connectivity index (χ0v) is 11.8. The lowest BCUT2D eigenvalue weighted by molar-refractivity contribution is 0.326. The van der Waals surface area contributed by atoms with E-state index in [-0.39, 0.29) is 22.2 Å². The molecule has 0 atom stereocenters. The van der Waals surface area contributed by atoms with Crippen molar-refractivity contribution in [3.63, 3.8) is 0 Å². The van der Waals surface area contributed by atoms with Crippen LogP contribution in [0.25, 0.3) is 0 Å². The SMILES string of the molecule is O=S(=O)(NC1CC(c2ccc(F)c(Cl)c2)C1)C1CC1. The van der Waals surface area contributed by atoms with Crippen LogP contribution in [0.4, 0.5) is 4.39 Å². The number of rotatable bonds is 4. The second-order valence-electron chi connectivity index (χ2n) is 5.40. The van der Waals surface area contributed by atoms with Gasteiger partial charge in [-0.1, -0.05) is 17.7 Å². The van der Waals surface area contributed by atoms with E-state index < -0.39 is 15.8 Å². The monoisotopic (exact) mass is 303 g/mol. The van der Waals surface area contributed by atoms with Crippen LogP contribution in [0.2, 0.25) is 5.02 Å². The summed E-state index contributed by atoms with van der Waals surface area (Å²) < 4.78 is 39.3. The molecule has 1 aromatic carbocycles. The lowest BCUT2D eigenvalue weighted by Gasteiger charge is -2.36. The van der Waals surface area contributed by atoms with Crippen LogP contribution >= 0.6 is 11.6 Å². The van der Waals surface area contributed by atoms with Crippen LogP contribution in [-0.4, -0.2) is 19.7 Å². The molecule has 0 aromatic heterocycles. The number of hydrogen-bond acceptors (Lipinski definition) is 2. The smallest absolute Gasteiger partial charge is 0.212 e. The molecule has 2 aliphatic carbocycles. The maximum absolute atomic E-state index is 13.1. The summed E-state index contributed by atoms with van der Waals surface area (Å²) in [6.07, 6.45) is 3.07. The van der Waals surface area contributed by atoms with Crippen molar-refractivity contribution in [3.8, 4) is 0 Å². The Kier molecular flexibility index (Phi) is 3.31. The van der Waals surface area contributed by atoms with Gasteiger partial charge < -0.3 is 0 Å².